The van der Waals surface area contributed by atoms with Crippen molar-refractivity contribution in [1.82, 2.24) is 4.72 Å². The fraction of sp³-hybridized carbons (Fsp3) is 0.294. The van der Waals surface area contributed by atoms with E-state index < -0.39 is 27.3 Å². The van der Waals surface area contributed by atoms with Crippen LogP contribution in [-0.4, -0.2) is 46.8 Å². The number of nitrogens with one attached hydrogen (secondary N) is 1. The van der Waals surface area contributed by atoms with Crippen molar-refractivity contribution in [1.29, 1.82) is 0 Å². The minimum atomic E-state index is -3.82. The first kappa shape index (κ1) is 22.9. The van der Waals surface area contributed by atoms with Crippen LogP contribution in [0.1, 0.15) is 16.7 Å². The Balaban J connectivity index is 1.96. The fourth-order valence-electron chi connectivity index (χ4n) is 3.14. The molecule has 1 atom stereocenters. The van der Waals surface area contributed by atoms with Crippen LogP contribution in [0.3, 0.4) is 0 Å². The van der Waals surface area contributed by atoms with E-state index in [0.29, 0.717) is 21.7 Å². The molecule has 13 heteroatoms. The van der Waals surface area contributed by atoms with Crippen LogP contribution in [0.5, 0.6) is 11.5 Å². The van der Waals surface area contributed by atoms with Gasteiger partial charge in [0.1, 0.15) is 17.7 Å². The summed E-state index contributed by atoms with van der Waals surface area (Å²) in [7, 11) is -7.29. The average Bonchev–Trinajstić information content (AvgIpc) is 2.88. The van der Waals surface area contributed by atoms with Crippen molar-refractivity contribution in [3.8, 4) is 11.5 Å². The second kappa shape index (κ2) is 8.40. The zero-order valence-corrected chi connectivity index (χ0v) is 18.2. The van der Waals surface area contributed by atoms with Gasteiger partial charge < -0.3 is 20.1 Å². The molecule has 0 bridgehead atoms. The van der Waals surface area contributed by atoms with E-state index >= 15 is 0 Å². The Kier molecular flexibility index (Phi) is 6.41. The maximum atomic E-state index is 11.7. The summed E-state index contributed by atoms with van der Waals surface area (Å²) in [4.78, 5) is 0. The highest BCUT2D eigenvalue weighted by Gasteiger charge is 2.36. The summed E-state index contributed by atoms with van der Waals surface area (Å²) < 4.78 is 51.8. The zero-order valence-electron chi connectivity index (χ0n) is 15.8. The van der Waals surface area contributed by atoms with Gasteiger partial charge in [0.2, 0.25) is 0 Å². The molecule has 0 spiro atoms. The molecule has 7 N–H and O–H groups in total. The molecule has 30 heavy (non-hydrogen) atoms. The molecule has 3 rings (SSSR count). The number of hydrogen-bond acceptors (Lipinski definition) is 10. The second-order valence-corrected chi connectivity index (χ2v) is 10.5. The van der Waals surface area contributed by atoms with Crippen molar-refractivity contribution in [2.75, 3.05) is 17.1 Å². The van der Waals surface area contributed by atoms with Crippen LogP contribution in [-0.2, 0) is 23.1 Å². The quantitative estimate of drug-likeness (QED) is 0.336. The van der Waals surface area contributed by atoms with Gasteiger partial charge in [-0.05, 0) is 29.8 Å². The largest absolute Gasteiger partial charge is 0.506 e. The van der Waals surface area contributed by atoms with Crippen LogP contribution < -0.4 is 18.9 Å². The van der Waals surface area contributed by atoms with Crippen molar-refractivity contribution >= 4 is 38.4 Å². The topological polar surface area (TPSA) is 166 Å². The van der Waals surface area contributed by atoms with E-state index in [1.807, 2.05) is 0 Å². The number of benzene rings is 2. The third-order valence-electron chi connectivity index (χ3n) is 4.31. The number of nitrogens with zero attached hydrogens (tertiary/aromatic N) is 1. The molecule has 1 heterocycles. The molecule has 166 valence electrons. The van der Waals surface area contributed by atoms with Crippen molar-refractivity contribution in [2.45, 2.75) is 19.2 Å². The number of aromatic hydroxyl groups is 1. The average molecular weight is 480 g/mol. The SMILES string of the molecule is CS(=O)(=O)Oc1c(CN)cc(Cl)cc1Cc1ccc(N2CC(O)NS2(O)O)c(O)c1. The monoisotopic (exact) mass is 479 g/mol. The summed E-state index contributed by atoms with van der Waals surface area (Å²) in [5.74, 6) is -0.177. The Hall–Kier alpha value is -1.77. The summed E-state index contributed by atoms with van der Waals surface area (Å²) in [6.07, 6.45) is -0.0852. The summed E-state index contributed by atoms with van der Waals surface area (Å²) in [5.41, 5.74) is 7.25. The van der Waals surface area contributed by atoms with Crippen LogP contribution in [0, 0.1) is 0 Å². The summed E-state index contributed by atoms with van der Waals surface area (Å²) in [6, 6.07) is 7.53. The van der Waals surface area contributed by atoms with E-state index in [-0.39, 0.29) is 36.7 Å². The van der Waals surface area contributed by atoms with Crippen molar-refractivity contribution in [3.05, 3.63) is 52.0 Å². The van der Waals surface area contributed by atoms with Gasteiger partial charge in [0.25, 0.3) is 0 Å². The molecule has 2 aromatic rings. The van der Waals surface area contributed by atoms with Crippen molar-refractivity contribution < 1.29 is 31.9 Å². The number of hydrogen-bond donors (Lipinski definition) is 6. The number of aliphatic hydroxyl groups is 1. The lowest BCUT2D eigenvalue weighted by atomic mass is 10.0. The molecule has 1 unspecified atom stereocenters. The van der Waals surface area contributed by atoms with Gasteiger partial charge in [-0.15, -0.1) is 0 Å². The molecule has 0 aliphatic carbocycles. The third kappa shape index (κ3) is 5.10. The lowest BCUT2D eigenvalue weighted by Gasteiger charge is -2.36. The van der Waals surface area contributed by atoms with E-state index in [4.69, 9.17) is 21.5 Å². The van der Waals surface area contributed by atoms with E-state index in [2.05, 4.69) is 4.72 Å². The van der Waals surface area contributed by atoms with Gasteiger partial charge in [-0.1, -0.05) is 28.6 Å². The number of aliphatic hydroxyl groups excluding tert-OH is 1. The second-order valence-electron chi connectivity index (χ2n) is 6.76. The molecular weight excluding hydrogens is 458 g/mol. The summed E-state index contributed by atoms with van der Waals surface area (Å²) >= 11 is 6.13. The number of halogens is 1. The first-order chi connectivity index (χ1) is 13.9. The Morgan fingerprint density at radius 1 is 1.30 bits per heavy atom. The van der Waals surface area contributed by atoms with E-state index in [1.165, 1.54) is 18.2 Å². The van der Waals surface area contributed by atoms with Crippen molar-refractivity contribution in [2.24, 2.45) is 5.73 Å². The number of nitrogens with two attached hydrogens (primary N) is 1. The summed E-state index contributed by atoms with van der Waals surface area (Å²) in [6.45, 7) is -0.125. The number of phenols is 1. The normalized spacial score (nSPS) is 19.7. The molecular formula is C17H22ClN3O7S2. The Morgan fingerprint density at radius 3 is 2.50 bits per heavy atom. The van der Waals surface area contributed by atoms with Gasteiger partial charge in [0, 0.05) is 29.1 Å². The summed E-state index contributed by atoms with van der Waals surface area (Å²) in [5, 5.41) is 20.4. The van der Waals surface area contributed by atoms with Crippen LogP contribution in [0.15, 0.2) is 30.3 Å². The first-order valence-corrected chi connectivity index (χ1v) is 12.3. The lowest BCUT2D eigenvalue weighted by molar-refractivity contribution is 0.182. The molecule has 0 saturated carbocycles. The molecule has 1 saturated heterocycles. The van der Waals surface area contributed by atoms with Gasteiger partial charge in [-0.2, -0.15) is 13.1 Å². The molecule has 0 radical (unpaired) electrons. The van der Waals surface area contributed by atoms with Crippen LogP contribution in [0.25, 0.3) is 0 Å². The first-order valence-electron chi connectivity index (χ1n) is 8.63. The van der Waals surface area contributed by atoms with E-state index in [0.717, 1.165) is 10.6 Å². The van der Waals surface area contributed by atoms with Gasteiger partial charge in [-0.3, -0.25) is 13.4 Å². The fourth-order valence-corrected chi connectivity index (χ4v) is 5.27. The number of β-amino-alcohol motifs (C(OH)–C–C–N with tert-alkyl or cyclic N) is 1. The Morgan fingerprint density at radius 2 is 1.97 bits per heavy atom. The smallest absolute Gasteiger partial charge is 0.306 e. The van der Waals surface area contributed by atoms with Gasteiger partial charge in [0.05, 0.1) is 12.8 Å². The van der Waals surface area contributed by atoms with E-state index in [1.54, 1.807) is 12.1 Å². The number of phenolic OH excluding ortho intramolecular Hbond substituents is 1. The highest BCUT2D eigenvalue weighted by molar-refractivity contribution is 8.24. The predicted molar refractivity (Wildman–Crippen MR) is 115 cm³/mol. The van der Waals surface area contributed by atoms with Crippen molar-refractivity contribution in [3.63, 3.8) is 0 Å². The van der Waals surface area contributed by atoms with Gasteiger partial charge in [-0.25, -0.2) is 0 Å². The lowest BCUT2D eigenvalue weighted by Crippen LogP contribution is -2.25. The Bertz CT molecular complexity index is 1070. The molecule has 0 amide bonds. The van der Waals surface area contributed by atoms with Crippen LogP contribution in [0.4, 0.5) is 5.69 Å². The zero-order chi connectivity index (χ0) is 22.3. The molecule has 0 aromatic heterocycles. The minimum Gasteiger partial charge on any atom is -0.506 e. The third-order valence-corrected chi connectivity index (χ3v) is 6.54. The van der Waals surface area contributed by atoms with Gasteiger partial charge in [0.15, 0.2) is 5.75 Å². The maximum absolute atomic E-state index is 11.7. The highest BCUT2D eigenvalue weighted by Crippen LogP contribution is 2.49. The minimum absolute atomic E-state index is 0.00471. The Labute approximate surface area is 180 Å². The standard InChI is InChI=1S/C17H22ClN3O7S2/c1-29(24,25)28-17-11(6-13(18)7-12(17)8-19)4-10-2-3-14(15(22)5-10)21-9-16(23)20-30(21,26)27/h2-3,5-7,16,20,22-23,26-27H,4,8-9,19H2,1H3. The number of rotatable bonds is 6. The number of anilines is 1. The molecule has 10 nitrogen and oxygen atoms in total. The molecule has 1 aliphatic rings. The molecule has 1 aliphatic heterocycles. The van der Waals surface area contributed by atoms with Crippen LogP contribution >= 0.6 is 22.6 Å². The molecule has 1 fully saturated rings. The highest BCUT2D eigenvalue weighted by atomic mass is 35.5. The predicted octanol–water partition coefficient (Wildman–Crippen LogP) is 1.74. The van der Waals surface area contributed by atoms with E-state index in [9.17, 15) is 27.7 Å². The molecule has 2 aromatic carbocycles. The van der Waals surface area contributed by atoms with Crippen LogP contribution in [0.2, 0.25) is 5.02 Å². The maximum Gasteiger partial charge on any atom is 0.306 e. The van der Waals surface area contributed by atoms with Gasteiger partial charge >= 0.3 is 10.1 Å².